The van der Waals surface area contributed by atoms with Crippen LogP contribution in [0.4, 0.5) is 4.79 Å². The summed E-state index contributed by atoms with van der Waals surface area (Å²) in [5.74, 6) is -0.641. The molecule has 2 saturated heterocycles. The lowest BCUT2D eigenvalue weighted by molar-refractivity contribution is -0.136. The minimum absolute atomic E-state index is 0.177. The molecule has 0 bridgehead atoms. The summed E-state index contributed by atoms with van der Waals surface area (Å²) in [5.41, 5.74) is 1.18. The van der Waals surface area contributed by atoms with Crippen molar-refractivity contribution in [1.29, 1.82) is 0 Å². The molecule has 2 aliphatic heterocycles. The molecule has 6 heteroatoms. The number of rotatable bonds is 4. The largest absolute Gasteiger partial charge is 0.341 e. The number of allylic oxidation sites excluding steroid dienone is 2. The summed E-state index contributed by atoms with van der Waals surface area (Å²) >= 11 is 0. The first kappa shape index (κ1) is 17.0. The summed E-state index contributed by atoms with van der Waals surface area (Å²) in [6.45, 7) is 1.19. The number of carbonyl (C=O) groups excluding carboxylic acids is 3. The summed E-state index contributed by atoms with van der Waals surface area (Å²) in [5, 5.41) is 2.52. The SMILES string of the molecule is O=C(CN1C(=O)N/C(=C\C=C\c2ccccc2)C1=O)N1CCCCC1. The molecule has 3 rings (SSSR count). The van der Waals surface area contributed by atoms with E-state index >= 15 is 0 Å². The predicted molar refractivity (Wildman–Crippen MR) is 94.2 cm³/mol. The van der Waals surface area contributed by atoms with Crippen LogP contribution < -0.4 is 5.32 Å². The molecular formula is C19H21N3O3. The van der Waals surface area contributed by atoms with E-state index in [0.29, 0.717) is 13.1 Å². The fourth-order valence-electron chi connectivity index (χ4n) is 2.93. The molecule has 0 spiro atoms. The zero-order chi connectivity index (χ0) is 17.6. The van der Waals surface area contributed by atoms with Crippen molar-refractivity contribution in [3.05, 3.63) is 53.7 Å². The van der Waals surface area contributed by atoms with E-state index < -0.39 is 11.9 Å². The second-order valence-electron chi connectivity index (χ2n) is 6.11. The van der Waals surface area contributed by atoms with Crippen molar-refractivity contribution in [3.8, 4) is 0 Å². The number of piperidine rings is 1. The van der Waals surface area contributed by atoms with Crippen molar-refractivity contribution in [2.75, 3.05) is 19.6 Å². The topological polar surface area (TPSA) is 69.7 Å². The first-order valence-electron chi connectivity index (χ1n) is 8.49. The molecule has 2 fully saturated rings. The van der Waals surface area contributed by atoms with Gasteiger partial charge in [0.15, 0.2) is 0 Å². The molecule has 1 aromatic carbocycles. The van der Waals surface area contributed by atoms with E-state index in [1.54, 1.807) is 17.1 Å². The molecule has 0 radical (unpaired) electrons. The van der Waals surface area contributed by atoms with E-state index in [-0.39, 0.29) is 18.1 Å². The van der Waals surface area contributed by atoms with E-state index in [4.69, 9.17) is 0 Å². The maximum atomic E-state index is 12.3. The Hall–Kier alpha value is -2.89. The van der Waals surface area contributed by atoms with Crippen LogP contribution in [0.5, 0.6) is 0 Å². The quantitative estimate of drug-likeness (QED) is 0.675. The van der Waals surface area contributed by atoms with E-state index in [1.807, 2.05) is 36.4 Å². The number of imide groups is 1. The van der Waals surface area contributed by atoms with Crippen LogP contribution in [0.25, 0.3) is 6.08 Å². The maximum absolute atomic E-state index is 12.3. The smallest absolute Gasteiger partial charge is 0.329 e. The Bertz CT molecular complexity index is 719. The minimum atomic E-state index is -0.547. The molecule has 130 valence electrons. The summed E-state index contributed by atoms with van der Waals surface area (Å²) in [6.07, 6.45) is 8.17. The molecule has 25 heavy (non-hydrogen) atoms. The molecule has 0 saturated carbocycles. The van der Waals surface area contributed by atoms with Crippen molar-refractivity contribution in [3.63, 3.8) is 0 Å². The zero-order valence-electron chi connectivity index (χ0n) is 14.0. The Morgan fingerprint density at radius 1 is 1.08 bits per heavy atom. The Balaban J connectivity index is 1.62. The van der Waals surface area contributed by atoms with Gasteiger partial charge in [-0.1, -0.05) is 42.5 Å². The molecule has 0 aromatic heterocycles. The molecule has 0 aliphatic carbocycles. The lowest BCUT2D eigenvalue weighted by Gasteiger charge is -2.27. The van der Waals surface area contributed by atoms with Crippen LogP contribution in [0.15, 0.2) is 48.2 Å². The Morgan fingerprint density at radius 2 is 1.80 bits per heavy atom. The first-order valence-corrected chi connectivity index (χ1v) is 8.49. The van der Waals surface area contributed by atoms with Gasteiger partial charge in [0.1, 0.15) is 12.2 Å². The molecule has 2 aliphatic rings. The van der Waals surface area contributed by atoms with Crippen molar-refractivity contribution < 1.29 is 14.4 Å². The van der Waals surface area contributed by atoms with Gasteiger partial charge < -0.3 is 10.2 Å². The van der Waals surface area contributed by atoms with Gasteiger partial charge >= 0.3 is 6.03 Å². The number of urea groups is 1. The van der Waals surface area contributed by atoms with Crippen molar-refractivity contribution in [1.82, 2.24) is 15.1 Å². The highest BCUT2D eigenvalue weighted by Gasteiger charge is 2.35. The number of benzene rings is 1. The Morgan fingerprint density at radius 3 is 2.52 bits per heavy atom. The predicted octanol–water partition coefficient (Wildman–Crippen LogP) is 2.15. The van der Waals surface area contributed by atoms with Crippen molar-refractivity contribution in [2.45, 2.75) is 19.3 Å². The summed E-state index contributed by atoms with van der Waals surface area (Å²) in [6, 6.07) is 9.09. The number of carbonyl (C=O) groups is 3. The maximum Gasteiger partial charge on any atom is 0.329 e. The van der Waals surface area contributed by atoms with Gasteiger partial charge in [0.2, 0.25) is 5.91 Å². The zero-order valence-corrected chi connectivity index (χ0v) is 14.0. The summed E-state index contributed by atoms with van der Waals surface area (Å²) in [7, 11) is 0. The number of nitrogens with one attached hydrogen (secondary N) is 1. The standard InChI is InChI=1S/C19H21N3O3/c23-17(21-12-5-2-6-13-21)14-22-18(24)16(20-19(22)25)11-7-10-15-8-3-1-4-9-15/h1,3-4,7-11H,2,5-6,12-14H2,(H,20,25)/b10-7+,16-11-. The van der Waals surface area contributed by atoms with Crippen LogP contribution in [0, 0.1) is 0 Å². The van der Waals surface area contributed by atoms with E-state index in [2.05, 4.69) is 5.32 Å². The first-order chi connectivity index (χ1) is 12.1. The van der Waals surface area contributed by atoms with Crippen LogP contribution in [-0.4, -0.2) is 47.3 Å². The molecule has 2 heterocycles. The van der Waals surface area contributed by atoms with Gasteiger partial charge in [0.25, 0.3) is 5.91 Å². The lowest BCUT2D eigenvalue weighted by atomic mass is 10.1. The van der Waals surface area contributed by atoms with Gasteiger partial charge in [-0.2, -0.15) is 0 Å². The third kappa shape index (κ3) is 4.15. The average Bonchev–Trinajstić information content (AvgIpc) is 2.91. The molecule has 0 unspecified atom stereocenters. The van der Waals surface area contributed by atoms with Gasteiger partial charge in [-0.25, -0.2) is 9.69 Å². The number of hydrogen-bond donors (Lipinski definition) is 1. The highest BCUT2D eigenvalue weighted by molar-refractivity contribution is 6.13. The van der Waals surface area contributed by atoms with Crippen LogP contribution >= 0.6 is 0 Å². The number of amides is 4. The van der Waals surface area contributed by atoms with E-state index in [0.717, 1.165) is 29.7 Å². The molecule has 1 aromatic rings. The number of hydrogen-bond acceptors (Lipinski definition) is 3. The van der Waals surface area contributed by atoms with Crippen molar-refractivity contribution >= 4 is 23.9 Å². The highest BCUT2D eigenvalue weighted by Crippen LogP contribution is 2.13. The molecule has 4 amide bonds. The van der Waals surface area contributed by atoms with Gasteiger partial charge in [-0.05, 0) is 30.9 Å². The van der Waals surface area contributed by atoms with Gasteiger partial charge in [0, 0.05) is 13.1 Å². The summed E-state index contributed by atoms with van der Waals surface area (Å²) in [4.78, 5) is 39.3. The van der Waals surface area contributed by atoms with Gasteiger partial charge in [0.05, 0.1) is 0 Å². The molecule has 6 nitrogen and oxygen atoms in total. The Labute approximate surface area is 146 Å². The second-order valence-corrected chi connectivity index (χ2v) is 6.11. The Kier molecular flexibility index (Phi) is 5.28. The fourth-order valence-corrected chi connectivity index (χ4v) is 2.93. The normalized spacial score (nSPS) is 19.8. The number of nitrogens with zero attached hydrogens (tertiary/aromatic N) is 2. The molecule has 0 atom stereocenters. The van der Waals surface area contributed by atoms with E-state index in [1.165, 1.54) is 0 Å². The van der Waals surface area contributed by atoms with Crippen LogP contribution in [0.2, 0.25) is 0 Å². The van der Waals surface area contributed by atoms with Crippen LogP contribution in [0.3, 0.4) is 0 Å². The molecular weight excluding hydrogens is 318 g/mol. The summed E-state index contributed by atoms with van der Waals surface area (Å²) < 4.78 is 0. The highest BCUT2D eigenvalue weighted by atomic mass is 16.2. The van der Waals surface area contributed by atoms with E-state index in [9.17, 15) is 14.4 Å². The third-order valence-corrected chi connectivity index (χ3v) is 4.32. The fraction of sp³-hybridized carbons (Fsp3) is 0.316. The third-order valence-electron chi connectivity index (χ3n) is 4.32. The van der Waals surface area contributed by atoms with Crippen molar-refractivity contribution in [2.24, 2.45) is 0 Å². The van der Waals surface area contributed by atoms with Crippen LogP contribution in [0.1, 0.15) is 24.8 Å². The average molecular weight is 339 g/mol. The lowest BCUT2D eigenvalue weighted by Crippen LogP contribution is -2.44. The van der Waals surface area contributed by atoms with Gasteiger partial charge in [-0.15, -0.1) is 0 Å². The monoisotopic (exact) mass is 339 g/mol. The van der Waals surface area contributed by atoms with Gasteiger partial charge in [-0.3, -0.25) is 9.59 Å². The number of likely N-dealkylation sites (tertiary alicyclic amines) is 1. The minimum Gasteiger partial charge on any atom is -0.341 e. The second kappa shape index (κ2) is 7.79. The molecule has 1 N–H and O–H groups in total. The van der Waals surface area contributed by atoms with Crippen LogP contribution in [-0.2, 0) is 9.59 Å².